The van der Waals surface area contributed by atoms with Gasteiger partial charge in [0.2, 0.25) is 0 Å². The minimum atomic E-state index is -3.94. The van der Waals surface area contributed by atoms with Crippen LogP contribution in [0.3, 0.4) is 0 Å². The lowest BCUT2D eigenvalue weighted by Crippen LogP contribution is -2.48. The number of halogens is 1. The molecule has 0 fully saturated rings. The van der Waals surface area contributed by atoms with Crippen LogP contribution in [0.2, 0.25) is 5.02 Å². The summed E-state index contributed by atoms with van der Waals surface area (Å²) in [4.78, 5) is 13.3. The molecule has 3 aromatic carbocycles. The van der Waals surface area contributed by atoms with Gasteiger partial charge in [-0.2, -0.15) is 0 Å². The van der Waals surface area contributed by atoms with Crippen LogP contribution < -0.4 is 19.1 Å². The number of carbonyl (C=O) groups excluding carboxylic acids is 1. The maximum atomic E-state index is 13.5. The number of sulfonamides is 1. The Bertz CT molecular complexity index is 1310. The van der Waals surface area contributed by atoms with Crippen molar-refractivity contribution in [2.75, 3.05) is 23.3 Å². The molecule has 0 saturated carbocycles. The zero-order valence-corrected chi connectivity index (χ0v) is 19.9. The van der Waals surface area contributed by atoms with Crippen LogP contribution in [0.1, 0.15) is 11.1 Å². The number of rotatable bonds is 5. The predicted octanol–water partition coefficient (Wildman–Crippen LogP) is 4.56. The number of aryl methyl sites for hydroxylation is 2. The van der Waals surface area contributed by atoms with E-state index in [0.29, 0.717) is 27.9 Å². The molecule has 0 radical (unpaired) electrons. The van der Waals surface area contributed by atoms with Crippen molar-refractivity contribution in [2.24, 2.45) is 0 Å². The number of nitrogens with zero attached hydrogens (tertiary/aromatic N) is 1. The lowest BCUT2D eigenvalue weighted by molar-refractivity contribution is -0.122. The van der Waals surface area contributed by atoms with Crippen LogP contribution in [-0.4, -0.2) is 34.1 Å². The molecular weight excluding hydrogens is 464 g/mol. The van der Waals surface area contributed by atoms with E-state index in [1.165, 1.54) is 11.4 Å². The predicted molar refractivity (Wildman–Crippen MR) is 128 cm³/mol. The van der Waals surface area contributed by atoms with E-state index >= 15 is 0 Å². The first-order valence-corrected chi connectivity index (χ1v) is 12.0. The fourth-order valence-electron chi connectivity index (χ4n) is 3.55. The molecule has 1 N–H and O–H groups in total. The third-order valence-electron chi connectivity index (χ3n) is 5.30. The van der Waals surface area contributed by atoms with Crippen molar-refractivity contribution in [3.8, 4) is 11.5 Å². The Balaban J connectivity index is 1.70. The Morgan fingerprint density at radius 3 is 2.45 bits per heavy atom. The van der Waals surface area contributed by atoms with Gasteiger partial charge in [0, 0.05) is 5.02 Å². The second-order valence-electron chi connectivity index (χ2n) is 7.76. The van der Waals surface area contributed by atoms with E-state index in [1.54, 1.807) is 60.7 Å². The molecule has 3 aromatic rings. The number of fused-ring (bicyclic) bond motifs is 1. The Morgan fingerprint density at radius 1 is 1.06 bits per heavy atom. The van der Waals surface area contributed by atoms with Crippen molar-refractivity contribution >= 4 is 38.9 Å². The number of hydrogen-bond donors (Lipinski definition) is 1. The molecule has 1 heterocycles. The molecule has 1 aliphatic rings. The van der Waals surface area contributed by atoms with Crippen LogP contribution in [-0.2, 0) is 14.8 Å². The summed E-state index contributed by atoms with van der Waals surface area (Å²) in [5.41, 5.74) is 2.56. The maximum Gasteiger partial charge on any atom is 0.267 e. The maximum absolute atomic E-state index is 13.5. The molecule has 0 aromatic heterocycles. The van der Waals surface area contributed by atoms with Crippen molar-refractivity contribution in [2.45, 2.75) is 24.8 Å². The minimum Gasteiger partial charge on any atom is -0.495 e. The number of amides is 1. The van der Waals surface area contributed by atoms with Crippen molar-refractivity contribution in [1.29, 1.82) is 0 Å². The van der Waals surface area contributed by atoms with E-state index < -0.39 is 22.0 Å². The van der Waals surface area contributed by atoms with Gasteiger partial charge in [-0.1, -0.05) is 35.4 Å². The third kappa shape index (κ3) is 4.62. The van der Waals surface area contributed by atoms with Gasteiger partial charge in [-0.3, -0.25) is 9.10 Å². The molecule has 9 heteroatoms. The third-order valence-corrected chi connectivity index (χ3v) is 7.33. The van der Waals surface area contributed by atoms with Gasteiger partial charge in [-0.25, -0.2) is 8.42 Å². The van der Waals surface area contributed by atoms with Gasteiger partial charge >= 0.3 is 0 Å². The molecule has 0 bridgehead atoms. The summed E-state index contributed by atoms with van der Waals surface area (Å²) in [7, 11) is -2.46. The first-order valence-electron chi connectivity index (χ1n) is 10.2. The fourth-order valence-corrected chi connectivity index (χ4v) is 5.19. The highest BCUT2D eigenvalue weighted by molar-refractivity contribution is 7.92. The Morgan fingerprint density at radius 2 is 1.76 bits per heavy atom. The topological polar surface area (TPSA) is 84.9 Å². The van der Waals surface area contributed by atoms with E-state index in [4.69, 9.17) is 21.1 Å². The van der Waals surface area contributed by atoms with Gasteiger partial charge < -0.3 is 14.8 Å². The average Bonchev–Trinajstić information content (AvgIpc) is 2.78. The number of hydrogen-bond acceptors (Lipinski definition) is 5. The highest BCUT2D eigenvalue weighted by Gasteiger charge is 2.38. The summed E-state index contributed by atoms with van der Waals surface area (Å²) >= 11 is 6.06. The zero-order valence-electron chi connectivity index (χ0n) is 18.3. The molecule has 4 rings (SSSR count). The molecular formula is C24H23ClN2O5S. The number of ether oxygens (including phenoxy) is 2. The molecule has 1 aliphatic heterocycles. The highest BCUT2D eigenvalue weighted by Crippen LogP contribution is 2.38. The summed E-state index contributed by atoms with van der Waals surface area (Å²) in [6.45, 7) is 3.55. The van der Waals surface area contributed by atoms with Gasteiger partial charge in [0.15, 0.2) is 6.10 Å². The summed E-state index contributed by atoms with van der Waals surface area (Å²) < 4.78 is 39.5. The normalized spacial score (nSPS) is 15.4. The molecule has 1 amide bonds. The fraction of sp³-hybridized carbons (Fsp3) is 0.208. The van der Waals surface area contributed by atoms with Crippen molar-refractivity contribution in [3.05, 3.63) is 76.8 Å². The molecule has 33 heavy (non-hydrogen) atoms. The number of nitrogens with one attached hydrogen (secondary N) is 1. The van der Waals surface area contributed by atoms with Crippen LogP contribution in [0, 0.1) is 13.8 Å². The number of methoxy groups -OCH3 is 1. The summed E-state index contributed by atoms with van der Waals surface area (Å²) in [5, 5.41) is 3.16. The monoisotopic (exact) mass is 486 g/mol. The van der Waals surface area contributed by atoms with Crippen molar-refractivity contribution < 1.29 is 22.7 Å². The smallest absolute Gasteiger partial charge is 0.267 e. The van der Waals surface area contributed by atoms with Crippen molar-refractivity contribution in [1.82, 2.24) is 0 Å². The first kappa shape index (κ1) is 22.9. The van der Waals surface area contributed by atoms with E-state index in [-0.39, 0.29) is 11.4 Å². The van der Waals surface area contributed by atoms with Crippen LogP contribution in [0.4, 0.5) is 11.4 Å². The molecule has 0 saturated heterocycles. The van der Waals surface area contributed by atoms with Crippen LogP contribution >= 0.6 is 11.6 Å². The highest BCUT2D eigenvalue weighted by atomic mass is 35.5. The Hall–Kier alpha value is -3.23. The standard InChI is InChI=1S/C24H23ClN2O5S/c1-15-4-8-18(9-5-15)33(29,30)27-14-23(32-22-10-6-16(2)12-20(22)27)24(28)26-19-13-17(25)7-11-21(19)31-3/h4-13,23H,14H2,1-3H3,(H,26,28). The van der Waals surface area contributed by atoms with E-state index in [2.05, 4.69) is 5.32 Å². The lowest BCUT2D eigenvalue weighted by atomic mass is 10.1. The SMILES string of the molecule is COc1ccc(Cl)cc1NC(=O)C1CN(S(=O)(=O)c2ccc(C)cc2)c2cc(C)ccc2O1. The van der Waals surface area contributed by atoms with E-state index in [9.17, 15) is 13.2 Å². The van der Waals surface area contributed by atoms with E-state index in [0.717, 1.165) is 11.1 Å². The van der Waals surface area contributed by atoms with Gasteiger partial charge in [0.1, 0.15) is 11.5 Å². The van der Waals surface area contributed by atoms with Gasteiger partial charge in [0.05, 0.1) is 29.9 Å². The molecule has 172 valence electrons. The lowest BCUT2D eigenvalue weighted by Gasteiger charge is -2.35. The summed E-state index contributed by atoms with van der Waals surface area (Å²) in [6, 6.07) is 16.6. The summed E-state index contributed by atoms with van der Waals surface area (Å²) in [5.74, 6) is 0.204. The molecule has 0 spiro atoms. The Kier molecular flexibility index (Phi) is 6.23. The van der Waals surface area contributed by atoms with Crippen molar-refractivity contribution in [3.63, 3.8) is 0 Å². The quantitative estimate of drug-likeness (QED) is 0.571. The van der Waals surface area contributed by atoms with E-state index in [1.807, 2.05) is 13.8 Å². The first-order chi connectivity index (χ1) is 15.7. The summed E-state index contributed by atoms with van der Waals surface area (Å²) in [6.07, 6.45) is -1.09. The zero-order chi connectivity index (χ0) is 23.8. The Labute approximate surface area is 197 Å². The van der Waals surface area contributed by atoms with Crippen LogP contribution in [0.25, 0.3) is 0 Å². The van der Waals surface area contributed by atoms with Crippen LogP contribution in [0.15, 0.2) is 65.6 Å². The number of carbonyl (C=O) groups is 1. The number of anilines is 2. The molecule has 0 aliphatic carbocycles. The molecule has 1 atom stereocenters. The molecule has 1 unspecified atom stereocenters. The number of benzene rings is 3. The van der Waals surface area contributed by atoms with Gasteiger partial charge in [-0.15, -0.1) is 0 Å². The molecule has 7 nitrogen and oxygen atoms in total. The minimum absolute atomic E-state index is 0.137. The van der Waals surface area contributed by atoms with Gasteiger partial charge in [-0.05, 0) is 61.9 Å². The average molecular weight is 487 g/mol. The largest absolute Gasteiger partial charge is 0.495 e. The second kappa shape index (κ2) is 8.96. The second-order valence-corrected chi connectivity index (χ2v) is 10.1. The van der Waals surface area contributed by atoms with Gasteiger partial charge in [0.25, 0.3) is 15.9 Å². The van der Waals surface area contributed by atoms with Crippen LogP contribution in [0.5, 0.6) is 11.5 Å².